The van der Waals surface area contributed by atoms with Crippen molar-refractivity contribution in [3.63, 3.8) is 0 Å². The maximum absolute atomic E-state index is 11.6. The minimum atomic E-state index is 0.235. The van der Waals surface area contributed by atoms with Gasteiger partial charge in [-0.15, -0.1) is 0 Å². The van der Waals surface area contributed by atoms with Crippen molar-refractivity contribution in [3.05, 3.63) is 0 Å². The molecule has 0 aromatic carbocycles. The van der Waals surface area contributed by atoms with Crippen molar-refractivity contribution in [2.75, 3.05) is 0 Å². The molecule has 0 saturated heterocycles. The van der Waals surface area contributed by atoms with Crippen LogP contribution in [0.2, 0.25) is 0 Å². The largest absolute Gasteiger partial charge is 0.299 e. The second-order valence-electron chi connectivity index (χ2n) is 5.12. The van der Waals surface area contributed by atoms with Crippen molar-refractivity contribution in [1.29, 1.82) is 0 Å². The van der Waals surface area contributed by atoms with Crippen LogP contribution < -0.4 is 0 Å². The standard InChI is InChI=1S/C13H24O/c1-4-11-5-7-12(8-6-11)9-13(14)10(2)3/h10-12H,4-9H2,1-3H3. The third-order valence-electron chi connectivity index (χ3n) is 3.68. The van der Waals surface area contributed by atoms with Crippen molar-refractivity contribution in [2.24, 2.45) is 17.8 Å². The van der Waals surface area contributed by atoms with Gasteiger partial charge in [-0.3, -0.25) is 4.79 Å². The third-order valence-corrected chi connectivity index (χ3v) is 3.68. The van der Waals surface area contributed by atoms with Crippen molar-refractivity contribution in [3.8, 4) is 0 Å². The highest BCUT2D eigenvalue weighted by molar-refractivity contribution is 5.80. The van der Waals surface area contributed by atoms with E-state index in [1.807, 2.05) is 13.8 Å². The molecule has 0 amide bonds. The smallest absolute Gasteiger partial charge is 0.135 e. The van der Waals surface area contributed by atoms with E-state index in [0.29, 0.717) is 11.7 Å². The molecule has 1 nitrogen and oxygen atoms in total. The summed E-state index contributed by atoms with van der Waals surface area (Å²) in [6.45, 7) is 6.31. The predicted octanol–water partition coefficient (Wildman–Crippen LogP) is 3.82. The lowest BCUT2D eigenvalue weighted by atomic mass is 9.78. The first-order valence-corrected chi connectivity index (χ1v) is 6.16. The van der Waals surface area contributed by atoms with E-state index in [2.05, 4.69) is 6.92 Å². The van der Waals surface area contributed by atoms with Crippen molar-refractivity contribution in [1.82, 2.24) is 0 Å². The Morgan fingerprint density at radius 3 is 2.07 bits per heavy atom. The zero-order valence-electron chi connectivity index (χ0n) is 9.88. The summed E-state index contributed by atoms with van der Waals surface area (Å²) < 4.78 is 0. The van der Waals surface area contributed by atoms with E-state index in [0.717, 1.165) is 12.3 Å². The molecule has 1 heteroatoms. The van der Waals surface area contributed by atoms with Gasteiger partial charge < -0.3 is 0 Å². The Morgan fingerprint density at radius 2 is 1.64 bits per heavy atom. The van der Waals surface area contributed by atoms with Gasteiger partial charge in [0.25, 0.3) is 0 Å². The Labute approximate surface area is 88.3 Å². The molecule has 0 heterocycles. The molecular formula is C13H24O. The molecule has 1 aliphatic rings. The fraction of sp³-hybridized carbons (Fsp3) is 0.923. The summed E-state index contributed by atoms with van der Waals surface area (Å²) in [7, 11) is 0. The summed E-state index contributed by atoms with van der Waals surface area (Å²) in [6, 6.07) is 0. The molecule has 0 N–H and O–H groups in total. The van der Waals surface area contributed by atoms with Crippen LogP contribution in [0.1, 0.15) is 59.3 Å². The first-order chi connectivity index (χ1) is 6.63. The highest BCUT2D eigenvalue weighted by Gasteiger charge is 2.22. The van der Waals surface area contributed by atoms with Gasteiger partial charge in [0.15, 0.2) is 0 Å². The van der Waals surface area contributed by atoms with Crippen LogP contribution in [0.4, 0.5) is 0 Å². The molecule has 0 aliphatic heterocycles. The quantitative estimate of drug-likeness (QED) is 0.668. The number of ketones is 1. The van der Waals surface area contributed by atoms with Crippen LogP contribution >= 0.6 is 0 Å². The van der Waals surface area contributed by atoms with E-state index in [1.165, 1.54) is 32.1 Å². The van der Waals surface area contributed by atoms with Crippen LogP contribution in [-0.2, 0) is 4.79 Å². The number of hydrogen-bond donors (Lipinski definition) is 0. The van der Waals surface area contributed by atoms with Gasteiger partial charge in [-0.05, 0) is 24.7 Å². The highest BCUT2D eigenvalue weighted by Crippen LogP contribution is 2.32. The lowest BCUT2D eigenvalue weighted by Crippen LogP contribution is -2.19. The zero-order chi connectivity index (χ0) is 10.6. The fourth-order valence-electron chi connectivity index (χ4n) is 2.36. The van der Waals surface area contributed by atoms with Crippen molar-refractivity contribution >= 4 is 5.78 Å². The molecule has 0 aromatic rings. The second-order valence-corrected chi connectivity index (χ2v) is 5.12. The maximum atomic E-state index is 11.6. The molecule has 0 bridgehead atoms. The van der Waals surface area contributed by atoms with Gasteiger partial charge in [0.1, 0.15) is 5.78 Å². The highest BCUT2D eigenvalue weighted by atomic mass is 16.1. The van der Waals surface area contributed by atoms with Crippen molar-refractivity contribution in [2.45, 2.75) is 59.3 Å². The van der Waals surface area contributed by atoms with Crippen LogP contribution in [0.3, 0.4) is 0 Å². The summed E-state index contributed by atoms with van der Waals surface area (Å²) in [5, 5.41) is 0. The molecule has 0 radical (unpaired) electrons. The summed E-state index contributed by atoms with van der Waals surface area (Å²) >= 11 is 0. The molecule has 0 spiro atoms. The number of carbonyl (C=O) groups excluding carboxylic acids is 1. The average molecular weight is 196 g/mol. The average Bonchev–Trinajstić information content (AvgIpc) is 2.19. The van der Waals surface area contributed by atoms with Gasteiger partial charge in [0, 0.05) is 12.3 Å². The Bertz CT molecular complexity index is 176. The number of rotatable bonds is 4. The predicted molar refractivity (Wildman–Crippen MR) is 60.2 cm³/mol. The van der Waals surface area contributed by atoms with E-state index in [9.17, 15) is 4.79 Å². The molecule has 1 aliphatic carbocycles. The molecule has 1 fully saturated rings. The summed E-state index contributed by atoms with van der Waals surface area (Å²) in [5.74, 6) is 2.34. The second kappa shape index (κ2) is 5.53. The van der Waals surface area contributed by atoms with E-state index in [-0.39, 0.29) is 5.92 Å². The Morgan fingerprint density at radius 1 is 1.14 bits per heavy atom. The fourth-order valence-corrected chi connectivity index (χ4v) is 2.36. The Kier molecular flexibility index (Phi) is 4.64. The first-order valence-electron chi connectivity index (χ1n) is 6.16. The molecule has 82 valence electrons. The minimum Gasteiger partial charge on any atom is -0.299 e. The number of Topliss-reactive ketones (excluding diaryl/α,β-unsaturated/α-hetero) is 1. The topological polar surface area (TPSA) is 17.1 Å². The van der Waals surface area contributed by atoms with Crippen LogP contribution in [0.5, 0.6) is 0 Å². The molecular weight excluding hydrogens is 172 g/mol. The summed E-state index contributed by atoms with van der Waals surface area (Å²) in [5.41, 5.74) is 0. The van der Waals surface area contributed by atoms with Crippen LogP contribution in [0.25, 0.3) is 0 Å². The van der Waals surface area contributed by atoms with Gasteiger partial charge in [0.2, 0.25) is 0 Å². The van der Waals surface area contributed by atoms with Crippen LogP contribution in [0, 0.1) is 17.8 Å². The van der Waals surface area contributed by atoms with E-state index in [4.69, 9.17) is 0 Å². The van der Waals surface area contributed by atoms with E-state index in [1.54, 1.807) is 0 Å². The number of hydrogen-bond acceptors (Lipinski definition) is 1. The molecule has 1 rings (SSSR count). The molecule has 14 heavy (non-hydrogen) atoms. The Balaban J connectivity index is 2.25. The van der Waals surface area contributed by atoms with Gasteiger partial charge >= 0.3 is 0 Å². The van der Waals surface area contributed by atoms with Gasteiger partial charge in [-0.2, -0.15) is 0 Å². The molecule has 0 unspecified atom stereocenters. The van der Waals surface area contributed by atoms with E-state index < -0.39 is 0 Å². The molecule has 1 saturated carbocycles. The SMILES string of the molecule is CCC1CCC(CC(=O)C(C)C)CC1. The minimum absolute atomic E-state index is 0.235. The molecule has 0 atom stereocenters. The molecule has 0 aromatic heterocycles. The number of carbonyl (C=O) groups is 1. The van der Waals surface area contributed by atoms with Gasteiger partial charge in [-0.1, -0.05) is 40.0 Å². The van der Waals surface area contributed by atoms with Gasteiger partial charge in [0.05, 0.1) is 0 Å². The Hall–Kier alpha value is -0.330. The first kappa shape index (κ1) is 11.7. The lowest BCUT2D eigenvalue weighted by Gasteiger charge is -2.27. The monoisotopic (exact) mass is 196 g/mol. The summed E-state index contributed by atoms with van der Waals surface area (Å²) in [4.78, 5) is 11.6. The third kappa shape index (κ3) is 3.43. The van der Waals surface area contributed by atoms with E-state index >= 15 is 0 Å². The summed E-state index contributed by atoms with van der Waals surface area (Å²) in [6.07, 6.45) is 7.45. The van der Waals surface area contributed by atoms with Crippen LogP contribution in [0.15, 0.2) is 0 Å². The zero-order valence-corrected chi connectivity index (χ0v) is 9.88. The van der Waals surface area contributed by atoms with Crippen molar-refractivity contribution < 1.29 is 4.79 Å². The lowest BCUT2D eigenvalue weighted by molar-refractivity contribution is -0.123. The van der Waals surface area contributed by atoms with Crippen LogP contribution in [-0.4, -0.2) is 5.78 Å². The maximum Gasteiger partial charge on any atom is 0.135 e. The van der Waals surface area contributed by atoms with Gasteiger partial charge in [-0.25, -0.2) is 0 Å². The normalized spacial score (nSPS) is 28.0.